The van der Waals surface area contributed by atoms with Gasteiger partial charge in [0.25, 0.3) is 0 Å². The molecule has 1 saturated heterocycles. The lowest BCUT2D eigenvalue weighted by Crippen LogP contribution is -2.52. The minimum Gasteiger partial charge on any atom is -0.481 e. The van der Waals surface area contributed by atoms with Gasteiger partial charge in [-0.1, -0.05) is 12.8 Å². The van der Waals surface area contributed by atoms with Crippen LogP contribution in [-0.2, 0) is 32.3 Å². The monoisotopic (exact) mass is 471 g/mol. The van der Waals surface area contributed by atoms with E-state index < -0.39 is 36.4 Å². The van der Waals surface area contributed by atoms with Crippen molar-refractivity contribution in [2.24, 2.45) is 5.92 Å². The number of aliphatic carboxylic acids is 3. The number of fused-ring (bicyclic) bond motifs is 1. The van der Waals surface area contributed by atoms with Gasteiger partial charge in [-0.3, -0.25) is 14.5 Å². The summed E-state index contributed by atoms with van der Waals surface area (Å²) in [4.78, 5) is 32.9. The van der Waals surface area contributed by atoms with E-state index in [0.29, 0.717) is 12.5 Å². The van der Waals surface area contributed by atoms with Crippen molar-refractivity contribution in [1.82, 2.24) is 4.90 Å². The second-order valence-electron chi connectivity index (χ2n) is 8.81. The first-order chi connectivity index (χ1) is 15.5. The molecule has 5 N–H and O–H groups in total. The molecule has 1 aliphatic carbocycles. The largest absolute Gasteiger partial charge is 0.481 e. The molecule has 2 aliphatic rings. The van der Waals surface area contributed by atoms with Gasteiger partial charge in [0.1, 0.15) is 18.1 Å². The van der Waals surface area contributed by atoms with E-state index in [4.69, 9.17) is 29.6 Å². The Morgan fingerprint density at radius 1 is 1.12 bits per heavy atom. The van der Waals surface area contributed by atoms with Crippen molar-refractivity contribution in [2.75, 3.05) is 20.2 Å². The number of carboxylic acid groups (broad SMARTS) is 3. The Morgan fingerprint density at radius 3 is 2.33 bits per heavy atom. The molecule has 1 aromatic heterocycles. The van der Waals surface area contributed by atoms with Crippen molar-refractivity contribution in [3.8, 4) is 0 Å². The van der Waals surface area contributed by atoms with Crippen molar-refractivity contribution in [3.63, 3.8) is 0 Å². The van der Waals surface area contributed by atoms with E-state index in [1.165, 1.54) is 19.3 Å². The summed E-state index contributed by atoms with van der Waals surface area (Å²) in [5.74, 6) is -2.69. The molecule has 0 spiro atoms. The lowest BCUT2D eigenvalue weighted by molar-refractivity contribution is -0.170. The fourth-order valence-electron chi connectivity index (χ4n) is 4.44. The summed E-state index contributed by atoms with van der Waals surface area (Å²) in [5.41, 5.74) is -3.13. The highest BCUT2D eigenvalue weighted by Gasteiger charge is 2.43. The van der Waals surface area contributed by atoms with E-state index in [0.717, 1.165) is 44.0 Å². The zero-order valence-electron chi connectivity index (χ0n) is 18.7. The summed E-state index contributed by atoms with van der Waals surface area (Å²) < 4.78 is 10.8. The standard InChI is InChI=1S/C16H25NO3.C6H8O7/c1-19-12-15-6-5-14(20-15)11-17-9-8-16(18)7-3-2-4-13(16)10-17;7-3(8)1-6(13,5(11)12)2-4(9)10/h5-6,13,18H,2-4,7-12H2,1H3;13H,1-2H2,(H,7,8)(H,9,10)(H,11,12). The van der Waals surface area contributed by atoms with Crippen LogP contribution >= 0.6 is 0 Å². The molecular weight excluding hydrogens is 438 g/mol. The van der Waals surface area contributed by atoms with Crippen LogP contribution in [0.1, 0.15) is 56.5 Å². The Balaban J connectivity index is 0.000000260. The van der Waals surface area contributed by atoms with Crippen LogP contribution in [0.5, 0.6) is 0 Å². The number of nitrogens with zero attached hydrogens (tertiary/aromatic N) is 1. The fraction of sp³-hybridized carbons (Fsp3) is 0.682. The van der Waals surface area contributed by atoms with Crippen LogP contribution in [-0.4, -0.2) is 79.7 Å². The smallest absolute Gasteiger partial charge is 0.336 e. The number of hydrogen-bond donors (Lipinski definition) is 5. The van der Waals surface area contributed by atoms with Crippen LogP contribution in [0, 0.1) is 5.92 Å². The van der Waals surface area contributed by atoms with Crippen LogP contribution < -0.4 is 0 Å². The normalized spacial score (nSPS) is 23.2. The summed E-state index contributed by atoms with van der Waals surface area (Å²) in [6.45, 7) is 3.34. The topological polar surface area (TPSA) is 178 Å². The van der Waals surface area contributed by atoms with Crippen LogP contribution in [0.4, 0.5) is 0 Å². The molecule has 33 heavy (non-hydrogen) atoms. The molecule has 2 heterocycles. The van der Waals surface area contributed by atoms with Gasteiger partial charge < -0.3 is 34.7 Å². The fourth-order valence-corrected chi connectivity index (χ4v) is 4.44. The van der Waals surface area contributed by atoms with Gasteiger partial charge in [-0.25, -0.2) is 4.79 Å². The number of likely N-dealkylation sites (tertiary alicyclic amines) is 1. The lowest BCUT2D eigenvalue weighted by atomic mass is 9.71. The molecule has 3 rings (SSSR count). The number of aliphatic hydroxyl groups is 2. The third-order valence-electron chi connectivity index (χ3n) is 6.18. The van der Waals surface area contributed by atoms with E-state index in [1.54, 1.807) is 7.11 Å². The minimum absolute atomic E-state index is 0.390. The highest BCUT2D eigenvalue weighted by molar-refractivity contribution is 5.88. The van der Waals surface area contributed by atoms with Crippen LogP contribution in [0.25, 0.3) is 0 Å². The maximum Gasteiger partial charge on any atom is 0.336 e. The van der Waals surface area contributed by atoms with Crippen molar-refractivity contribution in [3.05, 3.63) is 23.7 Å². The first-order valence-corrected chi connectivity index (χ1v) is 10.9. The van der Waals surface area contributed by atoms with E-state index in [2.05, 4.69) is 4.90 Å². The van der Waals surface area contributed by atoms with Crippen molar-refractivity contribution in [2.45, 2.75) is 69.3 Å². The molecule has 11 heteroatoms. The zero-order chi connectivity index (χ0) is 24.6. The molecule has 1 aromatic rings. The number of methoxy groups -OCH3 is 1. The molecule has 0 aromatic carbocycles. The van der Waals surface area contributed by atoms with Gasteiger partial charge in [0, 0.05) is 26.1 Å². The SMILES string of the molecule is COCc1ccc(CN2CCC3(O)CCCCC3C2)o1.O=C(O)CC(O)(CC(=O)O)C(=O)O. The minimum atomic E-state index is -2.74. The highest BCUT2D eigenvalue weighted by Crippen LogP contribution is 2.40. The van der Waals surface area contributed by atoms with E-state index >= 15 is 0 Å². The average Bonchev–Trinajstić information content (AvgIpc) is 3.14. The Bertz CT molecular complexity index is 806. The molecule has 2 fully saturated rings. The zero-order valence-corrected chi connectivity index (χ0v) is 18.7. The summed E-state index contributed by atoms with van der Waals surface area (Å²) in [6.07, 6.45) is 3.22. The van der Waals surface area contributed by atoms with Crippen LogP contribution in [0.2, 0.25) is 0 Å². The second-order valence-corrected chi connectivity index (χ2v) is 8.81. The maximum absolute atomic E-state index is 10.7. The second kappa shape index (κ2) is 11.6. The first kappa shape index (κ1) is 26.8. The predicted molar refractivity (Wildman–Crippen MR) is 113 cm³/mol. The third-order valence-corrected chi connectivity index (χ3v) is 6.18. The van der Waals surface area contributed by atoms with Gasteiger partial charge in [0.05, 0.1) is 25.0 Å². The highest BCUT2D eigenvalue weighted by atomic mass is 16.5. The van der Waals surface area contributed by atoms with Gasteiger partial charge in [-0.15, -0.1) is 0 Å². The molecule has 1 aliphatic heterocycles. The summed E-state index contributed by atoms with van der Waals surface area (Å²) in [7, 11) is 1.68. The van der Waals surface area contributed by atoms with Crippen molar-refractivity contribution >= 4 is 17.9 Å². The molecule has 1 saturated carbocycles. The van der Waals surface area contributed by atoms with Crippen molar-refractivity contribution in [1.29, 1.82) is 0 Å². The van der Waals surface area contributed by atoms with Crippen LogP contribution in [0.3, 0.4) is 0 Å². The molecule has 11 nitrogen and oxygen atoms in total. The van der Waals surface area contributed by atoms with E-state index in [1.807, 2.05) is 12.1 Å². The number of ether oxygens (including phenoxy) is 1. The predicted octanol–water partition coefficient (Wildman–Crippen LogP) is 1.30. The Labute approximate surface area is 191 Å². The van der Waals surface area contributed by atoms with E-state index in [-0.39, 0.29) is 5.60 Å². The van der Waals surface area contributed by atoms with Gasteiger partial charge in [0.15, 0.2) is 5.60 Å². The van der Waals surface area contributed by atoms with Gasteiger partial charge >= 0.3 is 17.9 Å². The Morgan fingerprint density at radius 2 is 1.76 bits per heavy atom. The third kappa shape index (κ3) is 7.81. The summed E-state index contributed by atoms with van der Waals surface area (Å²) >= 11 is 0. The number of piperidine rings is 1. The van der Waals surface area contributed by atoms with Gasteiger partial charge in [-0.05, 0) is 31.4 Å². The molecule has 186 valence electrons. The van der Waals surface area contributed by atoms with Gasteiger partial charge in [-0.2, -0.15) is 0 Å². The van der Waals surface area contributed by atoms with E-state index in [9.17, 15) is 19.5 Å². The summed E-state index contributed by atoms with van der Waals surface area (Å²) in [6, 6.07) is 4.02. The number of hydrogen-bond acceptors (Lipinski definition) is 8. The number of rotatable bonds is 9. The molecular formula is C22H33NO10. The summed E-state index contributed by atoms with van der Waals surface area (Å²) in [5, 5.41) is 44.5. The Kier molecular flexibility index (Phi) is 9.41. The number of carboxylic acids is 3. The molecule has 0 bridgehead atoms. The first-order valence-electron chi connectivity index (χ1n) is 10.9. The molecule has 2 unspecified atom stereocenters. The molecule has 0 radical (unpaired) electrons. The average molecular weight is 472 g/mol. The molecule has 0 amide bonds. The quantitative estimate of drug-likeness (QED) is 0.350. The lowest BCUT2D eigenvalue weighted by Gasteiger charge is -2.47. The van der Waals surface area contributed by atoms with Crippen LogP contribution in [0.15, 0.2) is 16.5 Å². The maximum atomic E-state index is 10.7. The number of carbonyl (C=O) groups is 3. The Hall–Kier alpha value is -2.47. The van der Waals surface area contributed by atoms with Crippen molar-refractivity contribution < 1.29 is 49.1 Å². The molecule has 2 atom stereocenters. The van der Waals surface area contributed by atoms with Gasteiger partial charge in [0.2, 0.25) is 0 Å². The number of furan rings is 1.